The molecular formula is C62H39N5O4. The van der Waals surface area contributed by atoms with Gasteiger partial charge in [0.15, 0.2) is 0 Å². The van der Waals surface area contributed by atoms with Gasteiger partial charge in [0.1, 0.15) is 0 Å². The van der Waals surface area contributed by atoms with Gasteiger partial charge in [0.2, 0.25) is 0 Å². The Morgan fingerprint density at radius 2 is 0.648 bits per heavy atom. The highest BCUT2D eigenvalue weighted by Crippen LogP contribution is 2.47. The minimum absolute atomic E-state index is 0.203. The van der Waals surface area contributed by atoms with Crippen LogP contribution in [0.5, 0.6) is 0 Å². The third-order valence-corrected chi connectivity index (χ3v) is 13.6. The normalized spacial score (nSPS) is 13.1. The number of para-hydroxylation sites is 6. The summed E-state index contributed by atoms with van der Waals surface area (Å²) in [5.74, 6) is -2.21. The number of anilines is 8. The van der Waals surface area contributed by atoms with Crippen molar-refractivity contribution in [2.24, 2.45) is 0 Å². The van der Waals surface area contributed by atoms with E-state index in [-0.39, 0.29) is 33.0 Å². The fourth-order valence-electron chi connectivity index (χ4n) is 10.5. The SMILES string of the molecule is O=C1c2ccc3c4c(c(-n5c6ccc(N(c7ccccc7)c7ccccc7)cc6c6cc(N(c7ccccc7)c7ccccc7)ccc65)cc(c24)C(=O)N1c1ccccc1)C(=O)N(c1ccccc1)C3=O. The van der Waals surface area contributed by atoms with E-state index in [2.05, 4.69) is 94.7 Å². The first kappa shape index (κ1) is 41.3. The first-order chi connectivity index (χ1) is 34.9. The molecule has 0 atom stereocenters. The first-order valence-corrected chi connectivity index (χ1v) is 23.3. The lowest BCUT2D eigenvalue weighted by Gasteiger charge is -2.33. The van der Waals surface area contributed by atoms with Gasteiger partial charge in [0.05, 0.1) is 39.2 Å². The summed E-state index contributed by atoms with van der Waals surface area (Å²) in [7, 11) is 0. The van der Waals surface area contributed by atoms with Crippen LogP contribution in [-0.4, -0.2) is 28.2 Å². The van der Waals surface area contributed by atoms with Gasteiger partial charge >= 0.3 is 0 Å². The Kier molecular flexibility index (Phi) is 9.57. The van der Waals surface area contributed by atoms with E-state index in [4.69, 9.17) is 0 Å². The van der Waals surface area contributed by atoms with E-state index in [1.807, 2.05) is 89.5 Å². The molecule has 10 aromatic carbocycles. The Hall–Kier alpha value is -9.86. The summed E-state index contributed by atoms with van der Waals surface area (Å²) in [5.41, 5.74) is 9.22. The Bertz CT molecular complexity index is 3740. The Balaban J connectivity index is 1.14. The van der Waals surface area contributed by atoms with Crippen LogP contribution in [0.15, 0.2) is 237 Å². The van der Waals surface area contributed by atoms with Crippen molar-refractivity contribution in [2.45, 2.75) is 0 Å². The number of aromatic nitrogens is 1. The highest BCUT2D eigenvalue weighted by Gasteiger charge is 2.43. The van der Waals surface area contributed by atoms with Crippen LogP contribution in [0.3, 0.4) is 0 Å². The van der Waals surface area contributed by atoms with E-state index in [9.17, 15) is 9.59 Å². The standard InChI is InChI=1S/C62H39N5O4/c68-59-48-33-34-49-57-56(48)52(61(70)65(59)44-27-15-5-16-28-44)39-55(58(57)62(71)66(60(49)69)45-29-17-6-18-30-45)67-53-35-31-46(63(40-19-7-1-8-20-40)41-21-9-2-10-22-41)37-50(53)51-38-47(32-36-54(51)67)64(42-23-11-3-12-24-42)43-25-13-4-14-26-43/h1-39H. The summed E-state index contributed by atoms with van der Waals surface area (Å²) in [5, 5.41) is 2.30. The van der Waals surface area contributed by atoms with Crippen molar-refractivity contribution in [3.8, 4) is 5.69 Å². The number of hydrogen-bond donors (Lipinski definition) is 0. The molecule has 71 heavy (non-hydrogen) atoms. The molecule has 4 amide bonds. The van der Waals surface area contributed by atoms with Gasteiger partial charge in [-0.1, -0.05) is 109 Å². The van der Waals surface area contributed by atoms with E-state index in [0.29, 0.717) is 17.1 Å². The first-order valence-electron chi connectivity index (χ1n) is 23.3. The number of nitrogens with zero attached hydrogens (tertiary/aromatic N) is 5. The topological polar surface area (TPSA) is 86.2 Å². The molecule has 0 saturated heterocycles. The second-order valence-electron chi connectivity index (χ2n) is 17.5. The summed E-state index contributed by atoms with van der Waals surface area (Å²) in [6.45, 7) is 0. The molecule has 2 aliphatic rings. The molecule has 0 spiro atoms. The van der Waals surface area contributed by atoms with Crippen LogP contribution < -0.4 is 19.6 Å². The molecule has 13 rings (SSSR count). The predicted molar refractivity (Wildman–Crippen MR) is 283 cm³/mol. The summed E-state index contributed by atoms with van der Waals surface area (Å²) in [6, 6.07) is 76.1. The van der Waals surface area contributed by atoms with Gasteiger partial charge in [-0.3, -0.25) is 19.2 Å². The third kappa shape index (κ3) is 6.48. The Morgan fingerprint density at radius 3 is 1.06 bits per heavy atom. The maximum absolute atomic E-state index is 15.6. The lowest BCUT2D eigenvalue weighted by molar-refractivity contribution is 0.0873. The number of hydrogen-bond acceptors (Lipinski definition) is 6. The van der Waals surface area contributed by atoms with Gasteiger partial charge in [-0.15, -0.1) is 0 Å². The number of amides is 4. The van der Waals surface area contributed by atoms with Gasteiger partial charge in [0.25, 0.3) is 23.6 Å². The van der Waals surface area contributed by atoms with E-state index in [1.54, 1.807) is 66.7 Å². The van der Waals surface area contributed by atoms with Gasteiger partial charge in [-0.05, 0) is 127 Å². The van der Waals surface area contributed by atoms with Crippen molar-refractivity contribution < 1.29 is 19.2 Å². The Morgan fingerprint density at radius 1 is 0.296 bits per heavy atom. The molecule has 0 fully saturated rings. The molecule has 0 radical (unpaired) electrons. The zero-order valence-corrected chi connectivity index (χ0v) is 37.9. The van der Waals surface area contributed by atoms with Gasteiger partial charge in [-0.2, -0.15) is 0 Å². The molecule has 1 aromatic heterocycles. The van der Waals surface area contributed by atoms with Crippen molar-refractivity contribution in [3.63, 3.8) is 0 Å². The maximum atomic E-state index is 15.6. The van der Waals surface area contributed by atoms with Crippen LogP contribution in [0.1, 0.15) is 41.4 Å². The molecule has 0 bridgehead atoms. The summed E-state index contributed by atoms with van der Waals surface area (Å²) in [6.07, 6.45) is 0. The average molecular weight is 918 g/mol. The average Bonchev–Trinajstić information content (AvgIpc) is 3.75. The van der Waals surface area contributed by atoms with Crippen LogP contribution in [0, 0.1) is 0 Å². The molecular weight excluding hydrogens is 879 g/mol. The minimum Gasteiger partial charge on any atom is -0.310 e. The van der Waals surface area contributed by atoms with Crippen molar-refractivity contribution in [3.05, 3.63) is 259 Å². The second kappa shape index (κ2) is 16.4. The quantitative estimate of drug-likeness (QED) is 0.134. The van der Waals surface area contributed by atoms with E-state index in [0.717, 1.165) is 55.9 Å². The van der Waals surface area contributed by atoms with Crippen molar-refractivity contribution in [1.29, 1.82) is 0 Å². The number of carbonyl (C=O) groups is 4. The molecule has 336 valence electrons. The number of carbonyl (C=O) groups excluding carboxylic acids is 4. The van der Waals surface area contributed by atoms with Crippen molar-refractivity contribution in [1.82, 2.24) is 4.57 Å². The van der Waals surface area contributed by atoms with Crippen molar-refractivity contribution >= 4 is 102 Å². The van der Waals surface area contributed by atoms with Gasteiger partial charge < -0.3 is 14.4 Å². The number of rotatable bonds is 9. The summed E-state index contributed by atoms with van der Waals surface area (Å²) >= 11 is 0. The highest BCUT2D eigenvalue weighted by molar-refractivity contribution is 6.43. The molecule has 9 heteroatoms. The number of fused-ring (bicyclic) bond motifs is 3. The Labute approximate surface area is 407 Å². The third-order valence-electron chi connectivity index (χ3n) is 13.6. The number of benzene rings is 10. The summed E-state index contributed by atoms with van der Waals surface area (Å²) in [4.78, 5) is 66.9. The number of imide groups is 2. The lowest BCUT2D eigenvalue weighted by atomic mass is 9.84. The largest absolute Gasteiger partial charge is 0.310 e. The molecule has 0 N–H and O–H groups in total. The highest BCUT2D eigenvalue weighted by atomic mass is 16.2. The van der Waals surface area contributed by atoms with Crippen LogP contribution in [0.25, 0.3) is 38.3 Å². The van der Waals surface area contributed by atoms with Crippen LogP contribution in [-0.2, 0) is 0 Å². The van der Waals surface area contributed by atoms with Crippen LogP contribution >= 0.6 is 0 Å². The smallest absolute Gasteiger partial charge is 0.268 e. The summed E-state index contributed by atoms with van der Waals surface area (Å²) < 4.78 is 2.04. The van der Waals surface area contributed by atoms with E-state index >= 15 is 9.59 Å². The monoisotopic (exact) mass is 917 g/mol. The zero-order chi connectivity index (χ0) is 47.7. The molecule has 3 heterocycles. The van der Waals surface area contributed by atoms with E-state index < -0.39 is 23.6 Å². The van der Waals surface area contributed by atoms with Gasteiger partial charge in [-0.25, -0.2) is 9.80 Å². The molecule has 9 nitrogen and oxygen atoms in total. The molecule has 0 aliphatic carbocycles. The lowest BCUT2D eigenvalue weighted by Crippen LogP contribution is -2.44. The van der Waals surface area contributed by atoms with Crippen LogP contribution in [0.4, 0.5) is 45.5 Å². The fourth-order valence-corrected chi connectivity index (χ4v) is 10.5. The minimum atomic E-state index is -0.570. The second-order valence-corrected chi connectivity index (χ2v) is 17.5. The molecule has 11 aromatic rings. The maximum Gasteiger partial charge on any atom is 0.268 e. The molecule has 0 saturated carbocycles. The van der Waals surface area contributed by atoms with Crippen LogP contribution in [0.2, 0.25) is 0 Å². The fraction of sp³-hybridized carbons (Fsp3) is 0. The predicted octanol–water partition coefficient (Wildman–Crippen LogP) is 14.5. The molecule has 0 unspecified atom stereocenters. The zero-order valence-electron chi connectivity index (χ0n) is 37.9. The molecule has 2 aliphatic heterocycles. The van der Waals surface area contributed by atoms with E-state index in [1.165, 1.54) is 9.80 Å². The van der Waals surface area contributed by atoms with Gasteiger partial charge in [0, 0.05) is 66.8 Å². The van der Waals surface area contributed by atoms with Crippen molar-refractivity contribution in [2.75, 3.05) is 19.6 Å².